The van der Waals surface area contributed by atoms with E-state index >= 15 is 0 Å². The van der Waals surface area contributed by atoms with Gasteiger partial charge >= 0.3 is 0 Å². The van der Waals surface area contributed by atoms with Crippen LogP contribution in [0.3, 0.4) is 0 Å². The van der Waals surface area contributed by atoms with E-state index in [0.29, 0.717) is 0 Å². The summed E-state index contributed by atoms with van der Waals surface area (Å²) in [7, 11) is 0. The third kappa shape index (κ3) is 2.05. The van der Waals surface area contributed by atoms with Crippen LogP contribution in [0.2, 0.25) is 0 Å². The Labute approximate surface area is 67.7 Å². The average Bonchev–Trinajstić information content (AvgIpc) is 2.06. The van der Waals surface area contributed by atoms with E-state index in [-0.39, 0.29) is 6.61 Å². The van der Waals surface area contributed by atoms with Crippen molar-refractivity contribution in [2.75, 3.05) is 0 Å². The molecular weight excluding hydrogens is 136 g/mol. The van der Waals surface area contributed by atoms with Crippen molar-refractivity contribution < 1.29 is 5.11 Å². The fraction of sp³-hybridized carbons (Fsp3) is 0.400. The molecule has 0 saturated carbocycles. The van der Waals surface area contributed by atoms with Crippen LogP contribution in [0.25, 0.3) is 0 Å². The molecule has 0 spiro atoms. The van der Waals surface area contributed by atoms with Crippen LogP contribution in [0.5, 0.6) is 0 Å². The van der Waals surface area contributed by atoms with E-state index in [0.717, 1.165) is 18.4 Å². The molecule has 0 fully saturated rings. The lowest BCUT2D eigenvalue weighted by atomic mass is 10.0. The van der Waals surface area contributed by atoms with Crippen molar-refractivity contribution in [2.24, 2.45) is 0 Å². The zero-order valence-corrected chi connectivity index (χ0v) is 6.88. The number of aliphatic hydroxyl groups is 1. The molecule has 0 aliphatic rings. The summed E-state index contributed by atoms with van der Waals surface area (Å²) in [6, 6.07) is 8.04. The molecule has 0 bridgehead atoms. The molecule has 0 unspecified atom stereocenters. The minimum atomic E-state index is 0.163. The second-order valence-electron chi connectivity index (χ2n) is 2.68. The molecule has 0 saturated heterocycles. The zero-order chi connectivity index (χ0) is 8.10. The van der Waals surface area contributed by atoms with E-state index in [1.165, 1.54) is 5.56 Å². The smallest absolute Gasteiger partial charge is 0.0684 e. The Kier molecular flexibility index (Phi) is 3.12. The number of aryl methyl sites for hydroxylation is 1. The van der Waals surface area contributed by atoms with Gasteiger partial charge in [-0.3, -0.25) is 0 Å². The number of aliphatic hydroxyl groups excluding tert-OH is 1. The fourth-order valence-electron chi connectivity index (χ4n) is 1.22. The van der Waals surface area contributed by atoms with E-state index in [2.05, 4.69) is 13.0 Å². The van der Waals surface area contributed by atoms with Gasteiger partial charge in [0.15, 0.2) is 0 Å². The Hall–Kier alpha value is -0.820. The standard InChI is InChI=1S/C10H14O/c1-2-5-9-6-3-4-7-10(9)8-11/h3-4,6-7,11H,2,5,8H2,1H3. The summed E-state index contributed by atoms with van der Waals surface area (Å²) in [6.45, 7) is 2.31. The predicted molar refractivity (Wildman–Crippen MR) is 46.4 cm³/mol. The molecule has 0 radical (unpaired) electrons. The average molecular weight is 150 g/mol. The second-order valence-corrected chi connectivity index (χ2v) is 2.68. The first kappa shape index (κ1) is 8.28. The monoisotopic (exact) mass is 150 g/mol. The van der Waals surface area contributed by atoms with Gasteiger partial charge in [0.25, 0.3) is 0 Å². The molecule has 1 nitrogen and oxygen atoms in total. The lowest BCUT2D eigenvalue weighted by molar-refractivity contribution is 0.280. The van der Waals surface area contributed by atoms with E-state index in [1.807, 2.05) is 18.2 Å². The number of benzene rings is 1. The van der Waals surface area contributed by atoms with Crippen LogP contribution in [0.1, 0.15) is 24.5 Å². The van der Waals surface area contributed by atoms with E-state index in [1.54, 1.807) is 0 Å². The van der Waals surface area contributed by atoms with Gasteiger partial charge in [-0.2, -0.15) is 0 Å². The zero-order valence-electron chi connectivity index (χ0n) is 6.88. The summed E-state index contributed by atoms with van der Waals surface area (Å²) in [5.41, 5.74) is 2.34. The van der Waals surface area contributed by atoms with Crippen molar-refractivity contribution in [1.29, 1.82) is 0 Å². The lowest BCUT2D eigenvalue weighted by Crippen LogP contribution is -1.92. The predicted octanol–water partition coefficient (Wildman–Crippen LogP) is 2.13. The van der Waals surface area contributed by atoms with Gasteiger partial charge in [0, 0.05) is 0 Å². The van der Waals surface area contributed by atoms with Gasteiger partial charge in [-0.1, -0.05) is 37.6 Å². The van der Waals surface area contributed by atoms with Gasteiger partial charge in [-0.15, -0.1) is 0 Å². The van der Waals surface area contributed by atoms with Gasteiger partial charge in [0.1, 0.15) is 0 Å². The second kappa shape index (κ2) is 4.14. The Morgan fingerprint density at radius 2 is 1.82 bits per heavy atom. The molecule has 11 heavy (non-hydrogen) atoms. The molecule has 0 aromatic heterocycles. The molecule has 1 N–H and O–H groups in total. The van der Waals surface area contributed by atoms with Gasteiger partial charge in [-0.25, -0.2) is 0 Å². The highest BCUT2D eigenvalue weighted by atomic mass is 16.3. The Balaban J connectivity index is 2.83. The van der Waals surface area contributed by atoms with Crippen LogP contribution in [0.4, 0.5) is 0 Å². The third-order valence-electron chi connectivity index (χ3n) is 1.81. The van der Waals surface area contributed by atoms with Gasteiger partial charge in [0.2, 0.25) is 0 Å². The molecule has 60 valence electrons. The third-order valence-corrected chi connectivity index (χ3v) is 1.81. The molecule has 1 aromatic carbocycles. The highest BCUT2D eigenvalue weighted by molar-refractivity contribution is 5.26. The Morgan fingerprint density at radius 1 is 1.18 bits per heavy atom. The number of rotatable bonds is 3. The molecule has 1 aromatic rings. The van der Waals surface area contributed by atoms with Crippen molar-refractivity contribution in [3.8, 4) is 0 Å². The molecule has 0 aliphatic carbocycles. The summed E-state index contributed by atoms with van der Waals surface area (Å²) >= 11 is 0. The van der Waals surface area contributed by atoms with Crippen molar-refractivity contribution in [1.82, 2.24) is 0 Å². The Morgan fingerprint density at radius 3 is 2.36 bits per heavy atom. The highest BCUT2D eigenvalue weighted by Gasteiger charge is 1.97. The first-order chi connectivity index (χ1) is 5.38. The Bertz CT molecular complexity index is 218. The maximum absolute atomic E-state index is 8.95. The highest BCUT2D eigenvalue weighted by Crippen LogP contribution is 2.10. The number of hydrogen-bond donors (Lipinski definition) is 1. The van der Waals surface area contributed by atoms with E-state index < -0.39 is 0 Å². The van der Waals surface area contributed by atoms with Crippen LogP contribution in [-0.2, 0) is 13.0 Å². The molecule has 1 rings (SSSR count). The van der Waals surface area contributed by atoms with Crippen LogP contribution in [0.15, 0.2) is 24.3 Å². The topological polar surface area (TPSA) is 20.2 Å². The minimum Gasteiger partial charge on any atom is -0.392 e. The van der Waals surface area contributed by atoms with Crippen molar-refractivity contribution in [3.63, 3.8) is 0 Å². The minimum absolute atomic E-state index is 0.163. The SMILES string of the molecule is CCCc1ccccc1CO. The fourth-order valence-corrected chi connectivity index (χ4v) is 1.22. The summed E-state index contributed by atoms with van der Waals surface area (Å²) in [4.78, 5) is 0. The summed E-state index contributed by atoms with van der Waals surface area (Å²) < 4.78 is 0. The molecule has 1 heteroatoms. The first-order valence-electron chi connectivity index (χ1n) is 4.06. The van der Waals surface area contributed by atoms with Gasteiger partial charge in [-0.05, 0) is 17.5 Å². The van der Waals surface area contributed by atoms with Crippen LogP contribution in [0, 0.1) is 0 Å². The molecule has 0 atom stereocenters. The summed E-state index contributed by atoms with van der Waals surface area (Å²) in [5, 5.41) is 8.95. The van der Waals surface area contributed by atoms with Crippen LogP contribution < -0.4 is 0 Å². The maximum atomic E-state index is 8.95. The van der Waals surface area contributed by atoms with Crippen LogP contribution >= 0.6 is 0 Å². The van der Waals surface area contributed by atoms with Crippen LogP contribution in [-0.4, -0.2) is 5.11 Å². The lowest BCUT2D eigenvalue weighted by Gasteiger charge is -2.03. The summed E-state index contributed by atoms with van der Waals surface area (Å²) in [5.74, 6) is 0. The van der Waals surface area contributed by atoms with Crippen molar-refractivity contribution in [3.05, 3.63) is 35.4 Å². The first-order valence-corrected chi connectivity index (χ1v) is 4.06. The van der Waals surface area contributed by atoms with E-state index in [9.17, 15) is 0 Å². The molecule has 0 heterocycles. The van der Waals surface area contributed by atoms with E-state index in [4.69, 9.17) is 5.11 Å². The van der Waals surface area contributed by atoms with Crippen molar-refractivity contribution >= 4 is 0 Å². The quantitative estimate of drug-likeness (QED) is 0.699. The molecule has 0 aliphatic heterocycles. The largest absolute Gasteiger partial charge is 0.392 e. The maximum Gasteiger partial charge on any atom is 0.0684 e. The van der Waals surface area contributed by atoms with Crippen molar-refractivity contribution in [2.45, 2.75) is 26.4 Å². The van der Waals surface area contributed by atoms with Gasteiger partial charge in [0.05, 0.1) is 6.61 Å². The normalized spacial score (nSPS) is 10.0. The summed E-state index contributed by atoms with van der Waals surface area (Å²) in [6.07, 6.45) is 2.20. The van der Waals surface area contributed by atoms with Gasteiger partial charge < -0.3 is 5.11 Å². The number of hydrogen-bond acceptors (Lipinski definition) is 1. The molecule has 0 amide bonds. The molecular formula is C10H14O.